The molecule has 7 nitrogen and oxygen atoms in total. The third-order valence-electron chi connectivity index (χ3n) is 6.56. The average Bonchev–Trinajstić information content (AvgIpc) is 3.42. The number of amides is 1. The molecule has 0 spiro atoms. The van der Waals surface area contributed by atoms with Gasteiger partial charge >= 0.3 is 0 Å². The van der Waals surface area contributed by atoms with Crippen LogP contribution in [-0.4, -0.2) is 47.3 Å². The maximum atomic E-state index is 13.5. The molecule has 2 aromatic carbocycles. The van der Waals surface area contributed by atoms with Gasteiger partial charge in [0.05, 0.1) is 27.5 Å². The summed E-state index contributed by atoms with van der Waals surface area (Å²) in [6.45, 7) is 3.44. The number of halogens is 1. The first-order valence-corrected chi connectivity index (χ1v) is 12.6. The molecule has 1 fully saturated rings. The van der Waals surface area contributed by atoms with Gasteiger partial charge in [-0.25, -0.2) is 4.39 Å². The molecule has 186 valence electrons. The molecule has 0 atom stereocenters. The Labute approximate surface area is 216 Å². The van der Waals surface area contributed by atoms with Gasteiger partial charge in [-0.05, 0) is 42.8 Å². The Hall–Kier alpha value is -4.29. The number of benzene rings is 2. The molecule has 4 aromatic rings. The van der Waals surface area contributed by atoms with Crippen LogP contribution in [0.15, 0.2) is 65.5 Å². The number of hydrogen-bond donors (Lipinski definition) is 0. The lowest BCUT2D eigenvalue weighted by Gasteiger charge is -2.37. The molecule has 0 unspecified atom stereocenters. The molecule has 1 amide bonds. The largest absolute Gasteiger partial charge is 0.366 e. The van der Waals surface area contributed by atoms with Crippen LogP contribution in [0.5, 0.6) is 0 Å². The van der Waals surface area contributed by atoms with Crippen LogP contribution in [0.2, 0.25) is 0 Å². The van der Waals surface area contributed by atoms with Crippen LogP contribution in [0, 0.1) is 17.1 Å². The van der Waals surface area contributed by atoms with Crippen molar-refractivity contribution in [3.05, 3.63) is 97.7 Å². The van der Waals surface area contributed by atoms with E-state index < -0.39 is 5.56 Å². The summed E-state index contributed by atoms with van der Waals surface area (Å²) in [5.74, 6) is -0.554. The Kier molecular flexibility index (Phi) is 6.59. The highest BCUT2D eigenvalue weighted by Gasteiger charge is 2.28. The quantitative estimate of drug-likeness (QED) is 0.371. The van der Waals surface area contributed by atoms with Crippen LogP contribution in [0.3, 0.4) is 0 Å². The highest BCUT2D eigenvalue weighted by atomic mass is 32.1. The lowest BCUT2D eigenvalue weighted by molar-refractivity contribution is 0.0751. The molecule has 1 aliphatic rings. The molecule has 0 N–H and O–H groups in total. The smallest absolute Gasteiger partial charge is 0.271 e. The van der Waals surface area contributed by atoms with E-state index in [0.29, 0.717) is 47.1 Å². The van der Waals surface area contributed by atoms with E-state index >= 15 is 0 Å². The molecular weight excluding hydrogens is 491 g/mol. The van der Waals surface area contributed by atoms with Gasteiger partial charge in [0.2, 0.25) is 0 Å². The van der Waals surface area contributed by atoms with Crippen LogP contribution in [-0.2, 0) is 6.54 Å². The van der Waals surface area contributed by atoms with Crippen LogP contribution in [0.1, 0.15) is 37.4 Å². The molecular formula is C28H23FN4O3S. The third-order valence-corrected chi connectivity index (χ3v) is 7.73. The number of pyridine rings is 1. The van der Waals surface area contributed by atoms with Crippen molar-refractivity contribution in [3.8, 4) is 6.07 Å². The summed E-state index contributed by atoms with van der Waals surface area (Å²) in [4.78, 5) is 42.9. The van der Waals surface area contributed by atoms with Gasteiger partial charge in [-0.3, -0.25) is 14.4 Å². The minimum absolute atomic E-state index is 0.0462. The summed E-state index contributed by atoms with van der Waals surface area (Å²) in [7, 11) is 0. The van der Waals surface area contributed by atoms with Crippen molar-refractivity contribution in [2.75, 3.05) is 31.1 Å². The number of aromatic nitrogens is 1. The fourth-order valence-corrected chi connectivity index (χ4v) is 5.55. The maximum Gasteiger partial charge on any atom is 0.271 e. The van der Waals surface area contributed by atoms with Gasteiger partial charge in [0, 0.05) is 31.6 Å². The molecule has 0 radical (unpaired) electrons. The number of fused-ring (bicyclic) bond motifs is 1. The number of para-hydroxylation sites is 1. The number of nitrogens with zero attached hydrogens (tertiary/aromatic N) is 4. The van der Waals surface area contributed by atoms with E-state index in [1.807, 2.05) is 29.2 Å². The molecule has 1 aliphatic heterocycles. The number of carbonyl (C=O) groups excluding carboxylic acids is 2. The first-order chi connectivity index (χ1) is 17.9. The second kappa shape index (κ2) is 9.99. The first kappa shape index (κ1) is 24.4. The summed E-state index contributed by atoms with van der Waals surface area (Å²) in [5.41, 5.74) is 1.64. The van der Waals surface area contributed by atoms with Crippen molar-refractivity contribution in [3.63, 3.8) is 0 Å². The highest BCUT2D eigenvalue weighted by molar-refractivity contribution is 7.15. The predicted octanol–water partition coefficient (Wildman–Crippen LogP) is 4.29. The number of hydrogen-bond acceptors (Lipinski definition) is 6. The monoisotopic (exact) mass is 514 g/mol. The molecule has 1 saturated heterocycles. The lowest BCUT2D eigenvalue weighted by Crippen LogP contribution is -2.49. The van der Waals surface area contributed by atoms with Gasteiger partial charge in [0.15, 0.2) is 5.78 Å². The van der Waals surface area contributed by atoms with Crippen molar-refractivity contribution in [2.24, 2.45) is 0 Å². The summed E-state index contributed by atoms with van der Waals surface area (Å²) in [6.07, 6.45) is 0. The Morgan fingerprint density at radius 3 is 2.30 bits per heavy atom. The van der Waals surface area contributed by atoms with Crippen molar-refractivity contribution >= 4 is 39.6 Å². The van der Waals surface area contributed by atoms with E-state index in [-0.39, 0.29) is 29.6 Å². The van der Waals surface area contributed by atoms with Crippen molar-refractivity contribution < 1.29 is 14.0 Å². The molecule has 0 bridgehead atoms. The Morgan fingerprint density at radius 2 is 1.65 bits per heavy atom. The second-order valence-corrected chi connectivity index (χ2v) is 9.95. The summed E-state index contributed by atoms with van der Waals surface area (Å²) < 4.78 is 14.9. The minimum atomic E-state index is -0.408. The molecule has 2 aromatic heterocycles. The molecule has 37 heavy (non-hydrogen) atoms. The number of piperazine rings is 1. The van der Waals surface area contributed by atoms with E-state index in [4.69, 9.17) is 0 Å². The number of anilines is 1. The Balaban J connectivity index is 1.46. The fraction of sp³-hybridized carbons (Fsp3) is 0.214. The lowest BCUT2D eigenvalue weighted by atomic mass is 10.1. The minimum Gasteiger partial charge on any atom is -0.366 e. The summed E-state index contributed by atoms with van der Waals surface area (Å²) in [6, 6.07) is 18.8. The van der Waals surface area contributed by atoms with Crippen LogP contribution in [0.4, 0.5) is 10.1 Å². The number of rotatable bonds is 5. The Bertz CT molecular complexity index is 1610. The predicted molar refractivity (Wildman–Crippen MR) is 141 cm³/mol. The maximum absolute atomic E-state index is 13.5. The zero-order valence-corrected chi connectivity index (χ0v) is 20.9. The molecule has 0 aliphatic carbocycles. The number of thiophene rings is 1. The number of carbonyl (C=O) groups is 2. The van der Waals surface area contributed by atoms with E-state index in [1.54, 1.807) is 33.7 Å². The van der Waals surface area contributed by atoms with Gasteiger partial charge in [0.1, 0.15) is 17.4 Å². The summed E-state index contributed by atoms with van der Waals surface area (Å²) >= 11 is 1.19. The average molecular weight is 515 g/mol. The molecule has 5 rings (SSSR count). The number of ketones is 1. The highest BCUT2D eigenvalue weighted by Crippen LogP contribution is 2.30. The summed E-state index contributed by atoms with van der Waals surface area (Å²) in [5, 5.41) is 10.8. The third kappa shape index (κ3) is 4.63. The van der Waals surface area contributed by atoms with Gasteiger partial charge in [0.25, 0.3) is 11.5 Å². The van der Waals surface area contributed by atoms with Crippen LogP contribution in [0.25, 0.3) is 10.9 Å². The van der Waals surface area contributed by atoms with Gasteiger partial charge in [-0.2, -0.15) is 5.26 Å². The first-order valence-electron chi connectivity index (χ1n) is 11.8. The Morgan fingerprint density at radius 1 is 0.973 bits per heavy atom. The van der Waals surface area contributed by atoms with E-state index in [2.05, 4.69) is 6.07 Å². The topological polar surface area (TPSA) is 86.4 Å². The molecule has 3 heterocycles. The van der Waals surface area contributed by atoms with Gasteiger partial charge in [-0.1, -0.05) is 30.3 Å². The number of nitriles is 1. The molecule has 0 saturated carbocycles. The van der Waals surface area contributed by atoms with Crippen molar-refractivity contribution in [2.45, 2.75) is 13.5 Å². The van der Waals surface area contributed by atoms with E-state index in [9.17, 15) is 24.0 Å². The fourth-order valence-electron chi connectivity index (χ4n) is 4.68. The van der Waals surface area contributed by atoms with E-state index in [0.717, 1.165) is 10.9 Å². The van der Waals surface area contributed by atoms with Gasteiger partial charge in [-0.15, -0.1) is 11.3 Å². The standard InChI is InChI=1S/C28H23FN4O3S/c1-18(34)24-10-11-25(37-24)28(36)32-14-12-31(13-15-32)26-21-4-2-3-5-23(21)33(27(35)22(26)16-30)17-19-6-8-20(29)9-7-19/h2-11H,12-15,17H2,1H3. The number of Topliss-reactive ketones (excluding diaryl/α,β-unsaturated/α-hetero) is 1. The zero-order valence-electron chi connectivity index (χ0n) is 20.1. The SMILES string of the molecule is CC(=O)c1ccc(C(=O)N2CCN(c3c(C#N)c(=O)n(Cc4ccc(F)cc4)c4ccccc34)CC2)s1. The van der Waals surface area contributed by atoms with Crippen molar-refractivity contribution in [1.29, 1.82) is 5.26 Å². The van der Waals surface area contributed by atoms with Crippen LogP contribution < -0.4 is 10.5 Å². The van der Waals surface area contributed by atoms with E-state index in [1.165, 1.54) is 30.4 Å². The normalized spacial score (nSPS) is 13.5. The second-order valence-electron chi connectivity index (χ2n) is 8.87. The van der Waals surface area contributed by atoms with Crippen molar-refractivity contribution in [1.82, 2.24) is 9.47 Å². The zero-order chi connectivity index (χ0) is 26.1. The van der Waals surface area contributed by atoms with Crippen LogP contribution >= 0.6 is 11.3 Å². The molecule has 9 heteroatoms. The van der Waals surface area contributed by atoms with Gasteiger partial charge < -0.3 is 14.4 Å².